The molecule has 8 heteroatoms. The number of ether oxygens (including phenoxy) is 1. The van der Waals surface area contributed by atoms with Crippen LogP contribution in [0, 0.1) is 16.0 Å². The third-order valence-corrected chi connectivity index (χ3v) is 3.33. The molecule has 0 aromatic heterocycles. The lowest BCUT2D eigenvalue weighted by atomic mass is 9.99. The molecule has 0 spiro atoms. The van der Waals surface area contributed by atoms with Gasteiger partial charge in [-0.2, -0.15) is 5.10 Å². The van der Waals surface area contributed by atoms with Crippen molar-refractivity contribution >= 4 is 23.3 Å². The smallest absolute Gasteiger partial charge is 0.314 e. The summed E-state index contributed by atoms with van der Waals surface area (Å²) in [6.07, 6.45) is 1.28. The first kappa shape index (κ1) is 19.3. The molecule has 8 nitrogen and oxygen atoms in total. The van der Waals surface area contributed by atoms with Gasteiger partial charge in [0.15, 0.2) is 0 Å². The second-order valence-corrected chi connectivity index (χ2v) is 5.06. The van der Waals surface area contributed by atoms with E-state index in [2.05, 4.69) is 10.5 Å². The molecule has 0 radical (unpaired) electrons. The van der Waals surface area contributed by atoms with E-state index in [1.807, 2.05) is 6.92 Å². The number of carbonyl (C=O) groups excluding carboxylic acids is 2. The summed E-state index contributed by atoms with van der Waals surface area (Å²) in [5.74, 6) is -1.66. The highest BCUT2D eigenvalue weighted by Crippen LogP contribution is 2.17. The lowest BCUT2D eigenvalue weighted by Gasteiger charge is -2.14. The van der Waals surface area contributed by atoms with Gasteiger partial charge in [0.1, 0.15) is 5.56 Å². The number of rotatable bonds is 8. The molecular formula is C16H21N3O5. The molecule has 0 aliphatic carbocycles. The number of nitro groups is 1. The normalized spacial score (nSPS) is 12.4. The van der Waals surface area contributed by atoms with Crippen molar-refractivity contribution in [3.63, 3.8) is 0 Å². The first-order valence-electron chi connectivity index (χ1n) is 7.66. The summed E-state index contributed by atoms with van der Waals surface area (Å²) in [6, 6.07) is 5.58. The van der Waals surface area contributed by atoms with E-state index in [9.17, 15) is 19.7 Å². The van der Waals surface area contributed by atoms with Gasteiger partial charge in [-0.1, -0.05) is 25.5 Å². The highest BCUT2D eigenvalue weighted by Gasteiger charge is 2.23. The van der Waals surface area contributed by atoms with Gasteiger partial charge in [-0.15, -0.1) is 0 Å². The third kappa shape index (κ3) is 5.15. The first-order chi connectivity index (χ1) is 11.4. The molecule has 1 aromatic rings. The van der Waals surface area contributed by atoms with Crippen LogP contribution in [0.3, 0.4) is 0 Å². The number of hydrogen-bond acceptors (Lipinski definition) is 6. The van der Waals surface area contributed by atoms with Gasteiger partial charge in [-0.05, 0) is 26.3 Å². The molecule has 0 saturated carbocycles. The minimum Gasteiger partial charge on any atom is -0.465 e. The van der Waals surface area contributed by atoms with Crippen LogP contribution in [0.2, 0.25) is 0 Å². The van der Waals surface area contributed by atoms with Crippen molar-refractivity contribution in [1.29, 1.82) is 0 Å². The van der Waals surface area contributed by atoms with Gasteiger partial charge in [0.2, 0.25) is 0 Å². The predicted molar refractivity (Wildman–Crippen MR) is 88.7 cm³/mol. The van der Waals surface area contributed by atoms with Crippen molar-refractivity contribution in [2.75, 3.05) is 6.61 Å². The number of carbonyl (C=O) groups is 2. The van der Waals surface area contributed by atoms with E-state index in [0.29, 0.717) is 12.1 Å². The summed E-state index contributed by atoms with van der Waals surface area (Å²) in [6.45, 7) is 5.50. The molecule has 0 heterocycles. The number of esters is 1. The fourth-order valence-corrected chi connectivity index (χ4v) is 2.13. The zero-order valence-electron chi connectivity index (χ0n) is 13.9. The summed E-state index contributed by atoms with van der Waals surface area (Å²) in [4.78, 5) is 34.4. The van der Waals surface area contributed by atoms with Crippen molar-refractivity contribution in [2.45, 2.75) is 33.6 Å². The van der Waals surface area contributed by atoms with Crippen LogP contribution in [0.25, 0.3) is 0 Å². The molecule has 0 aliphatic rings. The molecule has 0 unspecified atom stereocenters. The Morgan fingerprint density at radius 2 is 2.00 bits per heavy atom. The maximum Gasteiger partial charge on any atom is 0.314 e. The van der Waals surface area contributed by atoms with Gasteiger partial charge in [-0.25, -0.2) is 5.43 Å². The van der Waals surface area contributed by atoms with Gasteiger partial charge in [0.25, 0.3) is 11.6 Å². The molecule has 1 amide bonds. The van der Waals surface area contributed by atoms with Gasteiger partial charge < -0.3 is 4.74 Å². The van der Waals surface area contributed by atoms with E-state index in [-0.39, 0.29) is 17.9 Å². The second kappa shape index (κ2) is 9.39. The molecule has 1 rings (SSSR count). The van der Waals surface area contributed by atoms with Crippen LogP contribution >= 0.6 is 0 Å². The molecule has 130 valence electrons. The Bertz CT molecular complexity index is 642. The Hall–Kier alpha value is -2.77. The van der Waals surface area contributed by atoms with Crippen molar-refractivity contribution in [1.82, 2.24) is 5.43 Å². The summed E-state index contributed by atoms with van der Waals surface area (Å²) in [7, 11) is 0. The molecule has 1 atom stereocenters. The zero-order valence-corrected chi connectivity index (χ0v) is 13.9. The number of benzene rings is 1. The Balaban J connectivity index is 2.91. The monoisotopic (exact) mass is 335 g/mol. The standard InChI is InChI=1S/C16H21N3O5/c1-4-8-12(16(21)24-5-2)11(3)17-18-15(20)13-9-6-7-10-14(13)19(22)23/h6-7,9-10,12H,4-5,8H2,1-3H3,(H,18,20)/b17-11-/t12-/m1/s1. The predicted octanol–water partition coefficient (Wildman–Crippen LogP) is 2.68. The largest absolute Gasteiger partial charge is 0.465 e. The number of hydrogen-bond donors (Lipinski definition) is 1. The fraction of sp³-hybridized carbons (Fsp3) is 0.438. The molecule has 1 N–H and O–H groups in total. The van der Waals surface area contributed by atoms with E-state index in [0.717, 1.165) is 6.42 Å². The second-order valence-electron chi connectivity index (χ2n) is 5.06. The maximum absolute atomic E-state index is 12.1. The van der Waals surface area contributed by atoms with Gasteiger partial charge in [-0.3, -0.25) is 19.7 Å². The lowest BCUT2D eigenvalue weighted by Crippen LogP contribution is -2.28. The molecular weight excluding hydrogens is 314 g/mol. The van der Waals surface area contributed by atoms with Crippen LogP contribution in [-0.2, 0) is 9.53 Å². The van der Waals surface area contributed by atoms with Crippen molar-refractivity contribution in [2.24, 2.45) is 11.0 Å². The number of nitrogens with one attached hydrogen (secondary N) is 1. The Morgan fingerprint density at radius 1 is 1.33 bits per heavy atom. The Kier molecular flexibility index (Phi) is 7.54. The van der Waals surface area contributed by atoms with E-state index in [4.69, 9.17) is 4.74 Å². The summed E-state index contributed by atoms with van der Waals surface area (Å²) in [5.41, 5.74) is 2.26. The molecule has 0 fully saturated rings. The van der Waals surface area contributed by atoms with Crippen LogP contribution in [0.1, 0.15) is 44.0 Å². The SMILES string of the molecule is CCC[C@@H](C(=O)OCC)/C(C)=N\NC(=O)c1ccccc1[N+](=O)[O-]. The summed E-state index contributed by atoms with van der Waals surface area (Å²) < 4.78 is 5.00. The highest BCUT2D eigenvalue weighted by molar-refractivity contribution is 6.03. The first-order valence-corrected chi connectivity index (χ1v) is 7.66. The molecule has 0 bridgehead atoms. The number of amides is 1. The number of para-hydroxylation sites is 1. The Labute approximate surface area is 140 Å². The molecule has 1 aromatic carbocycles. The molecule has 0 saturated heterocycles. The summed E-state index contributed by atoms with van der Waals surface area (Å²) in [5, 5.41) is 14.9. The van der Waals surface area contributed by atoms with E-state index >= 15 is 0 Å². The lowest BCUT2D eigenvalue weighted by molar-refractivity contribution is -0.385. The van der Waals surface area contributed by atoms with Gasteiger partial charge in [0, 0.05) is 11.8 Å². The quantitative estimate of drug-likeness (QED) is 0.340. The van der Waals surface area contributed by atoms with Gasteiger partial charge >= 0.3 is 5.97 Å². The number of nitro benzene ring substituents is 1. The third-order valence-electron chi connectivity index (χ3n) is 3.33. The average Bonchev–Trinajstić information content (AvgIpc) is 2.57. The van der Waals surface area contributed by atoms with Crippen LogP contribution in [0.4, 0.5) is 5.69 Å². The van der Waals surface area contributed by atoms with Crippen molar-refractivity contribution < 1.29 is 19.2 Å². The van der Waals surface area contributed by atoms with Crippen LogP contribution < -0.4 is 5.43 Å². The molecule has 24 heavy (non-hydrogen) atoms. The minimum absolute atomic E-state index is 0.0952. The van der Waals surface area contributed by atoms with Crippen LogP contribution in [0.15, 0.2) is 29.4 Å². The van der Waals surface area contributed by atoms with E-state index in [1.165, 1.54) is 24.3 Å². The van der Waals surface area contributed by atoms with E-state index < -0.39 is 22.7 Å². The highest BCUT2D eigenvalue weighted by atomic mass is 16.6. The van der Waals surface area contributed by atoms with Crippen LogP contribution in [0.5, 0.6) is 0 Å². The number of hydrazone groups is 1. The van der Waals surface area contributed by atoms with Crippen LogP contribution in [-0.4, -0.2) is 29.1 Å². The fourth-order valence-electron chi connectivity index (χ4n) is 2.13. The van der Waals surface area contributed by atoms with Crippen molar-refractivity contribution in [3.05, 3.63) is 39.9 Å². The van der Waals surface area contributed by atoms with Crippen molar-refractivity contribution in [3.8, 4) is 0 Å². The molecule has 0 aliphatic heterocycles. The topological polar surface area (TPSA) is 111 Å². The Morgan fingerprint density at radius 3 is 2.58 bits per heavy atom. The van der Waals surface area contributed by atoms with Gasteiger partial charge in [0.05, 0.1) is 17.4 Å². The summed E-state index contributed by atoms with van der Waals surface area (Å²) >= 11 is 0. The van der Waals surface area contributed by atoms with E-state index in [1.54, 1.807) is 13.8 Å². The maximum atomic E-state index is 12.1. The zero-order chi connectivity index (χ0) is 18.1. The number of nitrogens with zero attached hydrogens (tertiary/aromatic N) is 2. The average molecular weight is 335 g/mol. The minimum atomic E-state index is -0.708.